The number of hydrogen-bond donors (Lipinski definition) is 2. The van der Waals surface area contributed by atoms with Crippen LogP contribution in [0.15, 0.2) is 35.8 Å². The van der Waals surface area contributed by atoms with Crippen LogP contribution in [-0.2, 0) is 0 Å². The van der Waals surface area contributed by atoms with Crippen LogP contribution < -0.4 is 10.6 Å². The minimum Gasteiger partial charge on any atom is -0.370 e. The van der Waals surface area contributed by atoms with Crippen LogP contribution in [0.2, 0.25) is 0 Å². The molecular weight excluding hydrogens is 258 g/mol. The van der Waals surface area contributed by atoms with Gasteiger partial charge < -0.3 is 10.6 Å². The number of nitrogens with zero attached hydrogens (tertiary/aromatic N) is 1. The van der Waals surface area contributed by atoms with Crippen LogP contribution in [0.1, 0.15) is 22.7 Å². The highest BCUT2D eigenvalue weighted by Crippen LogP contribution is 2.22. The van der Waals surface area contributed by atoms with Crippen molar-refractivity contribution < 1.29 is 0 Å². The zero-order valence-electron chi connectivity index (χ0n) is 11.6. The van der Waals surface area contributed by atoms with Gasteiger partial charge in [0.1, 0.15) is 5.84 Å². The molecule has 1 unspecified atom stereocenters. The van der Waals surface area contributed by atoms with E-state index in [0.29, 0.717) is 0 Å². The van der Waals surface area contributed by atoms with Crippen molar-refractivity contribution in [2.24, 2.45) is 4.99 Å². The summed E-state index contributed by atoms with van der Waals surface area (Å²) in [4.78, 5) is 4.54. The van der Waals surface area contributed by atoms with E-state index in [-0.39, 0.29) is 18.4 Å². The summed E-state index contributed by atoms with van der Waals surface area (Å²) in [5.41, 5.74) is 3.94. The first kappa shape index (κ1) is 15.7. The molecule has 0 amide bonds. The van der Waals surface area contributed by atoms with Gasteiger partial charge in [-0.1, -0.05) is 24.3 Å². The molecule has 0 saturated heterocycles. The quantitative estimate of drug-likeness (QED) is 0.813. The summed E-state index contributed by atoms with van der Waals surface area (Å²) in [6.45, 7) is 10.7. The molecule has 0 bridgehead atoms. The van der Waals surface area contributed by atoms with Gasteiger partial charge >= 0.3 is 0 Å². The average molecular weight is 280 g/mol. The summed E-state index contributed by atoms with van der Waals surface area (Å²) < 4.78 is 0. The van der Waals surface area contributed by atoms with Crippen LogP contribution in [0.3, 0.4) is 0 Å². The topological polar surface area (TPSA) is 36.4 Å². The molecule has 1 aromatic carbocycles. The highest BCUT2D eigenvalue weighted by atomic mass is 35.5. The van der Waals surface area contributed by atoms with E-state index >= 15 is 0 Å². The number of rotatable bonds is 5. The molecule has 0 radical (unpaired) electrons. The Kier molecular flexibility index (Phi) is 6.06. The van der Waals surface area contributed by atoms with E-state index < -0.39 is 0 Å². The van der Waals surface area contributed by atoms with Crippen LogP contribution in [0.25, 0.3) is 0 Å². The van der Waals surface area contributed by atoms with Crippen molar-refractivity contribution in [3.63, 3.8) is 0 Å². The summed E-state index contributed by atoms with van der Waals surface area (Å²) in [6, 6.07) is 6.57. The normalized spacial score (nSPS) is 15.2. The molecule has 19 heavy (non-hydrogen) atoms. The first-order valence-corrected chi connectivity index (χ1v) is 6.42. The lowest BCUT2D eigenvalue weighted by Gasteiger charge is -2.21. The van der Waals surface area contributed by atoms with Crippen molar-refractivity contribution in [2.75, 3.05) is 19.6 Å². The van der Waals surface area contributed by atoms with Gasteiger partial charge in [-0.25, -0.2) is 0 Å². The Morgan fingerprint density at radius 3 is 2.89 bits per heavy atom. The number of benzene rings is 1. The third-order valence-electron chi connectivity index (χ3n) is 3.40. The van der Waals surface area contributed by atoms with E-state index in [0.717, 1.165) is 25.5 Å². The second-order valence-corrected chi connectivity index (χ2v) is 4.61. The Bertz CT molecular complexity index is 468. The molecule has 3 nitrogen and oxygen atoms in total. The second kappa shape index (κ2) is 7.31. The third kappa shape index (κ3) is 3.58. The lowest BCUT2D eigenvalue weighted by molar-refractivity contribution is 0.684. The van der Waals surface area contributed by atoms with Crippen LogP contribution >= 0.6 is 12.4 Å². The largest absolute Gasteiger partial charge is 0.370 e. The number of halogens is 1. The van der Waals surface area contributed by atoms with Gasteiger partial charge in [-0.2, -0.15) is 0 Å². The SMILES string of the molecule is C=CCNC(C1=NCCN1)c1cccc(C)c1C.Cl. The van der Waals surface area contributed by atoms with Gasteiger partial charge in [0.2, 0.25) is 0 Å². The summed E-state index contributed by atoms with van der Waals surface area (Å²) in [7, 11) is 0. The van der Waals surface area contributed by atoms with Gasteiger partial charge in [0.25, 0.3) is 0 Å². The summed E-state index contributed by atoms with van der Waals surface area (Å²) in [5, 5.41) is 6.85. The molecule has 4 heteroatoms. The summed E-state index contributed by atoms with van der Waals surface area (Å²) in [5.74, 6) is 1.05. The molecule has 1 aliphatic heterocycles. The first-order valence-electron chi connectivity index (χ1n) is 6.42. The minimum atomic E-state index is 0. The fraction of sp³-hybridized carbons (Fsp3) is 0.400. The molecule has 0 aliphatic carbocycles. The zero-order chi connectivity index (χ0) is 13.0. The van der Waals surface area contributed by atoms with Crippen LogP contribution in [0.5, 0.6) is 0 Å². The van der Waals surface area contributed by atoms with Crippen LogP contribution in [-0.4, -0.2) is 25.5 Å². The predicted octanol–water partition coefficient (Wildman–Crippen LogP) is 2.54. The van der Waals surface area contributed by atoms with Gasteiger partial charge in [0.05, 0.1) is 12.6 Å². The highest BCUT2D eigenvalue weighted by molar-refractivity contribution is 5.90. The molecule has 2 N–H and O–H groups in total. The van der Waals surface area contributed by atoms with E-state index in [2.05, 4.69) is 54.3 Å². The molecule has 0 aromatic heterocycles. The Hall–Kier alpha value is -1.32. The Labute approximate surface area is 121 Å². The van der Waals surface area contributed by atoms with E-state index in [1.54, 1.807) is 0 Å². The summed E-state index contributed by atoms with van der Waals surface area (Å²) >= 11 is 0. The molecule has 1 atom stereocenters. The molecule has 1 aromatic rings. The molecule has 0 fully saturated rings. The molecule has 0 spiro atoms. The highest BCUT2D eigenvalue weighted by Gasteiger charge is 2.21. The van der Waals surface area contributed by atoms with E-state index in [9.17, 15) is 0 Å². The fourth-order valence-electron chi connectivity index (χ4n) is 2.25. The molecular formula is C15H22ClN3. The smallest absolute Gasteiger partial charge is 0.118 e. The van der Waals surface area contributed by atoms with Crippen molar-refractivity contribution in [1.29, 1.82) is 0 Å². The van der Waals surface area contributed by atoms with Crippen LogP contribution in [0.4, 0.5) is 0 Å². The second-order valence-electron chi connectivity index (χ2n) is 4.61. The predicted molar refractivity (Wildman–Crippen MR) is 84.4 cm³/mol. The summed E-state index contributed by atoms with van der Waals surface area (Å²) in [6.07, 6.45) is 1.88. The van der Waals surface area contributed by atoms with Gasteiger partial charge in [-0.15, -0.1) is 19.0 Å². The molecule has 0 saturated carbocycles. The monoisotopic (exact) mass is 279 g/mol. The number of amidine groups is 1. The average Bonchev–Trinajstić information content (AvgIpc) is 2.88. The van der Waals surface area contributed by atoms with E-state index in [1.807, 2.05) is 6.08 Å². The van der Waals surface area contributed by atoms with Crippen molar-refractivity contribution in [3.05, 3.63) is 47.5 Å². The number of aryl methyl sites for hydroxylation is 1. The molecule has 1 aliphatic rings. The van der Waals surface area contributed by atoms with Crippen molar-refractivity contribution in [2.45, 2.75) is 19.9 Å². The van der Waals surface area contributed by atoms with Gasteiger partial charge in [-0.3, -0.25) is 4.99 Å². The molecule has 2 rings (SSSR count). The maximum Gasteiger partial charge on any atom is 0.118 e. The molecule has 1 heterocycles. The number of hydrogen-bond acceptors (Lipinski definition) is 3. The van der Waals surface area contributed by atoms with Crippen molar-refractivity contribution in [3.8, 4) is 0 Å². The Morgan fingerprint density at radius 2 is 2.26 bits per heavy atom. The van der Waals surface area contributed by atoms with Gasteiger partial charge in [0, 0.05) is 13.1 Å². The Balaban J connectivity index is 0.00000180. The zero-order valence-corrected chi connectivity index (χ0v) is 12.4. The van der Waals surface area contributed by atoms with E-state index in [1.165, 1.54) is 16.7 Å². The van der Waals surface area contributed by atoms with Gasteiger partial charge in [-0.05, 0) is 30.5 Å². The lowest BCUT2D eigenvalue weighted by Crippen LogP contribution is -2.36. The fourth-order valence-corrected chi connectivity index (χ4v) is 2.25. The van der Waals surface area contributed by atoms with E-state index in [4.69, 9.17) is 0 Å². The maximum absolute atomic E-state index is 4.54. The number of nitrogens with one attached hydrogen (secondary N) is 2. The number of aliphatic imine (C=N–C) groups is 1. The van der Waals surface area contributed by atoms with Crippen molar-refractivity contribution in [1.82, 2.24) is 10.6 Å². The lowest BCUT2D eigenvalue weighted by atomic mass is 9.96. The first-order chi connectivity index (χ1) is 8.74. The standard InChI is InChI=1S/C15H21N3.ClH/c1-4-8-16-14(15-17-9-10-18-15)13-7-5-6-11(2)12(13)3;/h4-7,14,16H,1,8-10H2,2-3H3,(H,17,18);1H. The Morgan fingerprint density at radius 1 is 1.47 bits per heavy atom. The van der Waals surface area contributed by atoms with Gasteiger partial charge in [0.15, 0.2) is 0 Å². The van der Waals surface area contributed by atoms with Crippen LogP contribution in [0, 0.1) is 13.8 Å². The maximum atomic E-state index is 4.54. The molecule has 104 valence electrons. The third-order valence-corrected chi connectivity index (χ3v) is 3.40. The van der Waals surface area contributed by atoms with Crippen molar-refractivity contribution >= 4 is 18.2 Å². The minimum absolute atomic E-state index is 0.